The maximum Gasteiger partial charge on any atom is 0.240 e. The molecule has 3 N–H and O–H groups in total. The van der Waals surface area contributed by atoms with Crippen molar-refractivity contribution in [3.8, 4) is 0 Å². The summed E-state index contributed by atoms with van der Waals surface area (Å²) in [5.74, 6) is 0. The average molecular weight is 263 g/mol. The van der Waals surface area contributed by atoms with E-state index < -0.39 is 10.0 Å². The van der Waals surface area contributed by atoms with E-state index in [4.69, 9.17) is 17.3 Å². The Morgan fingerprint density at radius 2 is 2.06 bits per heavy atom. The van der Waals surface area contributed by atoms with Gasteiger partial charge in [-0.05, 0) is 31.5 Å². The van der Waals surface area contributed by atoms with Crippen molar-refractivity contribution in [3.63, 3.8) is 0 Å². The number of hydrogen-bond donors (Lipinski definition) is 2. The van der Waals surface area contributed by atoms with Crippen LogP contribution in [0.1, 0.15) is 19.4 Å². The molecule has 0 bridgehead atoms. The van der Waals surface area contributed by atoms with Crippen LogP contribution in [0.15, 0.2) is 23.1 Å². The SMILES string of the molecule is CC(C)NS(=O)(=O)c1ccc(CN)c(Cl)c1. The van der Waals surface area contributed by atoms with Gasteiger partial charge in [-0.1, -0.05) is 17.7 Å². The molecule has 6 heteroatoms. The van der Waals surface area contributed by atoms with Gasteiger partial charge >= 0.3 is 0 Å². The van der Waals surface area contributed by atoms with Gasteiger partial charge in [0.25, 0.3) is 0 Å². The minimum atomic E-state index is -3.48. The number of benzene rings is 1. The van der Waals surface area contributed by atoms with E-state index >= 15 is 0 Å². The summed E-state index contributed by atoms with van der Waals surface area (Å²) in [4.78, 5) is 0.156. The smallest absolute Gasteiger partial charge is 0.240 e. The van der Waals surface area contributed by atoms with Crippen LogP contribution >= 0.6 is 11.6 Å². The van der Waals surface area contributed by atoms with Crippen LogP contribution in [0.2, 0.25) is 5.02 Å². The number of hydrogen-bond acceptors (Lipinski definition) is 3. The van der Waals surface area contributed by atoms with Gasteiger partial charge in [-0.25, -0.2) is 13.1 Å². The summed E-state index contributed by atoms with van der Waals surface area (Å²) >= 11 is 5.90. The first-order chi connectivity index (χ1) is 7.36. The third kappa shape index (κ3) is 3.18. The van der Waals surface area contributed by atoms with Gasteiger partial charge in [-0.2, -0.15) is 0 Å². The van der Waals surface area contributed by atoms with Gasteiger partial charge in [0, 0.05) is 17.6 Å². The van der Waals surface area contributed by atoms with Crippen LogP contribution in [0.5, 0.6) is 0 Å². The molecule has 0 aliphatic rings. The van der Waals surface area contributed by atoms with Crippen molar-refractivity contribution < 1.29 is 8.42 Å². The summed E-state index contributed by atoms with van der Waals surface area (Å²) in [6.45, 7) is 3.80. The van der Waals surface area contributed by atoms with Gasteiger partial charge in [0.15, 0.2) is 0 Å². The maximum atomic E-state index is 11.8. The van der Waals surface area contributed by atoms with Crippen LogP contribution in [0, 0.1) is 0 Å². The zero-order valence-corrected chi connectivity index (χ0v) is 10.8. The van der Waals surface area contributed by atoms with Crippen LogP contribution in [-0.2, 0) is 16.6 Å². The third-order valence-corrected chi connectivity index (χ3v) is 3.95. The van der Waals surface area contributed by atoms with E-state index in [0.29, 0.717) is 5.02 Å². The summed E-state index contributed by atoms with van der Waals surface area (Å²) in [5, 5.41) is 0.370. The van der Waals surface area contributed by atoms with Crippen molar-refractivity contribution in [1.82, 2.24) is 4.72 Å². The van der Waals surface area contributed by atoms with Gasteiger partial charge in [0.05, 0.1) is 4.90 Å². The highest BCUT2D eigenvalue weighted by atomic mass is 35.5. The molecular weight excluding hydrogens is 248 g/mol. The molecule has 0 aliphatic carbocycles. The molecule has 0 unspecified atom stereocenters. The number of nitrogens with one attached hydrogen (secondary N) is 1. The van der Waals surface area contributed by atoms with Crippen molar-refractivity contribution >= 4 is 21.6 Å². The monoisotopic (exact) mass is 262 g/mol. The maximum absolute atomic E-state index is 11.8. The molecule has 16 heavy (non-hydrogen) atoms. The number of sulfonamides is 1. The fourth-order valence-electron chi connectivity index (χ4n) is 1.24. The Kier molecular flexibility index (Phi) is 4.32. The van der Waals surface area contributed by atoms with Crippen molar-refractivity contribution in [2.45, 2.75) is 31.3 Å². The van der Waals surface area contributed by atoms with Crippen molar-refractivity contribution in [3.05, 3.63) is 28.8 Å². The van der Waals surface area contributed by atoms with Crippen molar-refractivity contribution in [2.75, 3.05) is 0 Å². The third-order valence-electron chi connectivity index (χ3n) is 1.95. The molecule has 90 valence electrons. The highest BCUT2D eigenvalue weighted by Crippen LogP contribution is 2.20. The lowest BCUT2D eigenvalue weighted by molar-refractivity contribution is 0.570. The standard InChI is InChI=1S/C10H15ClN2O2S/c1-7(2)13-16(14,15)9-4-3-8(6-12)10(11)5-9/h3-5,7,13H,6,12H2,1-2H3. The first-order valence-electron chi connectivity index (χ1n) is 4.87. The largest absolute Gasteiger partial charge is 0.326 e. The topological polar surface area (TPSA) is 72.2 Å². The van der Waals surface area contributed by atoms with Gasteiger partial charge < -0.3 is 5.73 Å². The molecule has 0 heterocycles. The zero-order chi connectivity index (χ0) is 12.3. The van der Waals surface area contributed by atoms with Crippen LogP contribution in [0.3, 0.4) is 0 Å². The Hall–Kier alpha value is -0.620. The minimum absolute atomic E-state index is 0.155. The van der Waals surface area contributed by atoms with E-state index in [9.17, 15) is 8.42 Å². The molecule has 0 saturated carbocycles. The Bertz CT molecular complexity index is 472. The first kappa shape index (κ1) is 13.4. The van der Waals surface area contributed by atoms with E-state index in [1.807, 2.05) is 0 Å². The fraction of sp³-hybridized carbons (Fsp3) is 0.400. The zero-order valence-electron chi connectivity index (χ0n) is 9.20. The molecule has 0 radical (unpaired) electrons. The number of rotatable bonds is 4. The Labute approximate surface area is 101 Å². The molecule has 4 nitrogen and oxygen atoms in total. The van der Waals surface area contributed by atoms with Crippen LogP contribution in [0.4, 0.5) is 0 Å². The summed E-state index contributed by atoms with van der Waals surface area (Å²) in [6, 6.07) is 4.38. The molecule has 0 spiro atoms. The number of halogens is 1. The molecule has 0 saturated heterocycles. The van der Waals surface area contributed by atoms with E-state index in [0.717, 1.165) is 5.56 Å². The predicted octanol–water partition coefficient (Wildman–Crippen LogP) is 1.49. The molecule has 0 fully saturated rings. The van der Waals surface area contributed by atoms with Crippen LogP contribution in [0.25, 0.3) is 0 Å². The second kappa shape index (κ2) is 5.14. The van der Waals surface area contributed by atoms with E-state index in [1.54, 1.807) is 19.9 Å². The summed E-state index contributed by atoms with van der Waals surface area (Å²) < 4.78 is 26.1. The molecular formula is C10H15ClN2O2S. The first-order valence-corrected chi connectivity index (χ1v) is 6.73. The van der Waals surface area contributed by atoms with Crippen molar-refractivity contribution in [2.24, 2.45) is 5.73 Å². The lowest BCUT2D eigenvalue weighted by Gasteiger charge is -2.10. The molecule has 0 aromatic heterocycles. The van der Waals surface area contributed by atoms with Gasteiger partial charge in [-0.15, -0.1) is 0 Å². The van der Waals surface area contributed by atoms with Crippen LogP contribution < -0.4 is 10.5 Å². The number of nitrogens with two attached hydrogens (primary N) is 1. The van der Waals surface area contributed by atoms with Gasteiger partial charge in [0.1, 0.15) is 0 Å². The molecule has 1 rings (SSSR count). The summed E-state index contributed by atoms with van der Waals surface area (Å²) in [7, 11) is -3.48. The van der Waals surface area contributed by atoms with E-state index in [1.165, 1.54) is 12.1 Å². The highest BCUT2D eigenvalue weighted by molar-refractivity contribution is 7.89. The molecule has 0 aliphatic heterocycles. The van der Waals surface area contributed by atoms with Gasteiger partial charge in [-0.3, -0.25) is 0 Å². The van der Waals surface area contributed by atoms with Gasteiger partial charge in [0.2, 0.25) is 10.0 Å². The van der Waals surface area contributed by atoms with Crippen molar-refractivity contribution in [1.29, 1.82) is 0 Å². The highest BCUT2D eigenvalue weighted by Gasteiger charge is 2.16. The molecule has 0 amide bonds. The predicted molar refractivity (Wildman–Crippen MR) is 64.8 cm³/mol. The summed E-state index contributed by atoms with van der Waals surface area (Å²) in [6.07, 6.45) is 0. The van der Waals surface area contributed by atoms with Crippen LogP contribution in [-0.4, -0.2) is 14.5 Å². The molecule has 1 aromatic rings. The second-order valence-corrected chi connectivity index (χ2v) is 5.85. The lowest BCUT2D eigenvalue weighted by atomic mass is 10.2. The Morgan fingerprint density at radius 1 is 1.44 bits per heavy atom. The fourth-order valence-corrected chi connectivity index (χ4v) is 2.84. The van der Waals surface area contributed by atoms with E-state index in [2.05, 4.69) is 4.72 Å². The quantitative estimate of drug-likeness (QED) is 0.863. The lowest BCUT2D eigenvalue weighted by Crippen LogP contribution is -2.30. The second-order valence-electron chi connectivity index (χ2n) is 3.73. The molecule has 0 atom stereocenters. The average Bonchev–Trinajstić information content (AvgIpc) is 2.15. The molecule has 1 aromatic carbocycles. The normalized spacial score (nSPS) is 12.1. The Morgan fingerprint density at radius 3 is 2.50 bits per heavy atom. The Balaban J connectivity index is 3.10. The summed E-state index contributed by atoms with van der Waals surface area (Å²) in [5.41, 5.74) is 6.17. The van der Waals surface area contributed by atoms with E-state index in [-0.39, 0.29) is 17.5 Å². The minimum Gasteiger partial charge on any atom is -0.326 e.